The number of amides is 2. The average Bonchev–Trinajstić information content (AvgIpc) is 2.33. The first-order valence-electron chi connectivity index (χ1n) is 4.48. The van der Waals surface area contributed by atoms with Crippen LogP contribution in [0.15, 0.2) is 0 Å². The van der Waals surface area contributed by atoms with Gasteiger partial charge in [-0.15, -0.1) is 0 Å². The maximum absolute atomic E-state index is 11.0. The molecule has 0 radical (unpaired) electrons. The minimum absolute atomic E-state index is 0.0266. The van der Waals surface area contributed by atoms with E-state index in [-0.39, 0.29) is 13.1 Å². The van der Waals surface area contributed by atoms with Crippen molar-refractivity contribution in [2.24, 2.45) is 0 Å². The van der Waals surface area contributed by atoms with Crippen LogP contribution in [0.2, 0.25) is 0 Å². The van der Waals surface area contributed by atoms with E-state index in [1.54, 1.807) is 0 Å². The standard InChI is InChI=1S/C8H16N2O6/c1-15-7(13)9(5-11)3-4-10(6-12)8(14)16-2/h11-12H,3-6H2,1-2H3. The summed E-state index contributed by atoms with van der Waals surface area (Å²) in [6.07, 6.45) is -1.43. The minimum Gasteiger partial charge on any atom is -0.453 e. The predicted octanol–water partition coefficient (Wildman–Crippen LogP) is -0.977. The lowest BCUT2D eigenvalue weighted by molar-refractivity contribution is 0.0479. The van der Waals surface area contributed by atoms with Crippen molar-refractivity contribution in [3.05, 3.63) is 0 Å². The van der Waals surface area contributed by atoms with Crippen LogP contribution in [-0.2, 0) is 9.47 Å². The molecule has 0 spiro atoms. The molecule has 8 heteroatoms. The van der Waals surface area contributed by atoms with Crippen molar-refractivity contribution < 1.29 is 29.3 Å². The van der Waals surface area contributed by atoms with Crippen LogP contribution in [0, 0.1) is 0 Å². The highest BCUT2D eigenvalue weighted by Gasteiger charge is 2.17. The molecule has 0 heterocycles. The lowest BCUT2D eigenvalue weighted by atomic mass is 10.5. The normalized spacial score (nSPS) is 9.50. The van der Waals surface area contributed by atoms with Gasteiger partial charge in [0.25, 0.3) is 0 Å². The molecule has 16 heavy (non-hydrogen) atoms. The van der Waals surface area contributed by atoms with Crippen LogP contribution < -0.4 is 0 Å². The second kappa shape index (κ2) is 7.71. The minimum atomic E-state index is -0.717. The van der Waals surface area contributed by atoms with Crippen molar-refractivity contribution in [3.63, 3.8) is 0 Å². The molecule has 0 aliphatic heterocycles. The van der Waals surface area contributed by atoms with E-state index in [0.717, 1.165) is 9.80 Å². The van der Waals surface area contributed by atoms with E-state index in [9.17, 15) is 9.59 Å². The van der Waals surface area contributed by atoms with Crippen molar-refractivity contribution in [1.29, 1.82) is 0 Å². The summed E-state index contributed by atoms with van der Waals surface area (Å²) >= 11 is 0. The van der Waals surface area contributed by atoms with Gasteiger partial charge in [0.05, 0.1) is 14.2 Å². The van der Waals surface area contributed by atoms with E-state index in [4.69, 9.17) is 10.2 Å². The number of aliphatic hydroxyl groups is 2. The second-order valence-electron chi connectivity index (χ2n) is 2.75. The van der Waals surface area contributed by atoms with Gasteiger partial charge < -0.3 is 19.7 Å². The van der Waals surface area contributed by atoms with Gasteiger partial charge in [0.1, 0.15) is 13.5 Å². The predicted molar refractivity (Wildman–Crippen MR) is 52.4 cm³/mol. The van der Waals surface area contributed by atoms with Crippen molar-refractivity contribution in [2.45, 2.75) is 0 Å². The van der Waals surface area contributed by atoms with Gasteiger partial charge in [-0.1, -0.05) is 0 Å². The molecule has 0 unspecified atom stereocenters. The summed E-state index contributed by atoms with van der Waals surface area (Å²) in [5.41, 5.74) is 0. The molecule has 0 fully saturated rings. The molecule has 2 N–H and O–H groups in total. The Bertz CT molecular complexity index is 211. The summed E-state index contributed by atoms with van der Waals surface area (Å²) in [6.45, 7) is -1.02. The molecule has 0 aliphatic rings. The van der Waals surface area contributed by atoms with E-state index in [1.165, 1.54) is 14.2 Å². The van der Waals surface area contributed by atoms with Crippen LogP contribution in [0.5, 0.6) is 0 Å². The highest BCUT2D eigenvalue weighted by Crippen LogP contribution is 1.96. The molecule has 0 atom stereocenters. The highest BCUT2D eigenvalue weighted by molar-refractivity contribution is 5.68. The Hall–Kier alpha value is -1.54. The Kier molecular flexibility index (Phi) is 6.97. The molecule has 94 valence electrons. The number of rotatable bonds is 5. The zero-order valence-electron chi connectivity index (χ0n) is 9.25. The lowest BCUT2D eigenvalue weighted by Crippen LogP contribution is -2.41. The van der Waals surface area contributed by atoms with Crippen LogP contribution in [0.4, 0.5) is 9.59 Å². The maximum atomic E-state index is 11.0. The Morgan fingerprint density at radius 1 is 0.938 bits per heavy atom. The van der Waals surface area contributed by atoms with Gasteiger partial charge in [-0.2, -0.15) is 0 Å². The Labute approximate surface area is 93.0 Å². The van der Waals surface area contributed by atoms with Gasteiger partial charge in [-0.05, 0) is 0 Å². The Balaban J connectivity index is 4.17. The van der Waals surface area contributed by atoms with Crippen LogP contribution in [-0.4, -0.2) is 73.0 Å². The van der Waals surface area contributed by atoms with E-state index < -0.39 is 25.6 Å². The number of hydrogen-bond donors (Lipinski definition) is 2. The third-order valence-corrected chi connectivity index (χ3v) is 1.85. The molecule has 0 bridgehead atoms. The molecule has 0 saturated heterocycles. The molecule has 0 aliphatic carbocycles. The number of nitrogens with zero attached hydrogens (tertiary/aromatic N) is 2. The van der Waals surface area contributed by atoms with Crippen LogP contribution >= 0.6 is 0 Å². The van der Waals surface area contributed by atoms with Gasteiger partial charge in [0, 0.05) is 13.1 Å². The summed E-state index contributed by atoms with van der Waals surface area (Å²) in [5.74, 6) is 0. The fraction of sp³-hybridized carbons (Fsp3) is 0.750. The number of methoxy groups -OCH3 is 2. The van der Waals surface area contributed by atoms with Crippen LogP contribution in [0.25, 0.3) is 0 Å². The van der Waals surface area contributed by atoms with E-state index >= 15 is 0 Å². The van der Waals surface area contributed by atoms with E-state index in [1.807, 2.05) is 0 Å². The summed E-state index contributed by atoms with van der Waals surface area (Å²) in [5, 5.41) is 17.7. The summed E-state index contributed by atoms with van der Waals surface area (Å²) in [4.78, 5) is 24.0. The molecule has 0 saturated carbocycles. The van der Waals surface area contributed by atoms with Gasteiger partial charge in [-0.3, -0.25) is 9.80 Å². The summed E-state index contributed by atoms with van der Waals surface area (Å²) < 4.78 is 8.77. The number of carbonyl (C=O) groups excluding carboxylic acids is 2. The number of hydrogen-bond acceptors (Lipinski definition) is 6. The summed E-state index contributed by atoms with van der Waals surface area (Å²) in [6, 6.07) is 0. The number of carbonyl (C=O) groups is 2. The van der Waals surface area contributed by atoms with Crippen molar-refractivity contribution in [1.82, 2.24) is 9.80 Å². The smallest absolute Gasteiger partial charge is 0.411 e. The zero-order valence-corrected chi connectivity index (χ0v) is 9.25. The number of aliphatic hydroxyl groups excluding tert-OH is 2. The van der Waals surface area contributed by atoms with Crippen molar-refractivity contribution in [2.75, 3.05) is 40.8 Å². The average molecular weight is 236 g/mol. The van der Waals surface area contributed by atoms with Crippen molar-refractivity contribution in [3.8, 4) is 0 Å². The molecule has 0 aromatic heterocycles. The maximum Gasteiger partial charge on any atom is 0.411 e. The summed E-state index contributed by atoms with van der Waals surface area (Å²) in [7, 11) is 2.35. The number of ether oxygens (including phenoxy) is 2. The van der Waals surface area contributed by atoms with Crippen LogP contribution in [0.1, 0.15) is 0 Å². The van der Waals surface area contributed by atoms with Crippen molar-refractivity contribution >= 4 is 12.2 Å². The first-order chi connectivity index (χ1) is 7.60. The van der Waals surface area contributed by atoms with Gasteiger partial charge in [-0.25, -0.2) is 9.59 Å². The fourth-order valence-corrected chi connectivity index (χ4v) is 0.939. The Morgan fingerprint density at radius 2 is 1.25 bits per heavy atom. The quantitative estimate of drug-likeness (QED) is 0.595. The molecule has 8 nitrogen and oxygen atoms in total. The third kappa shape index (κ3) is 4.32. The van der Waals surface area contributed by atoms with E-state index in [0.29, 0.717) is 0 Å². The monoisotopic (exact) mass is 236 g/mol. The molecule has 0 aromatic carbocycles. The largest absolute Gasteiger partial charge is 0.453 e. The topological polar surface area (TPSA) is 99.5 Å². The first kappa shape index (κ1) is 14.5. The second-order valence-corrected chi connectivity index (χ2v) is 2.75. The molecular formula is C8H16N2O6. The molecule has 0 aromatic rings. The molecule has 2 amide bonds. The van der Waals surface area contributed by atoms with E-state index in [2.05, 4.69) is 9.47 Å². The van der Waals surface area contributed by atoms with Gasteiger partial charge in [0.15, 0.2) is 0 Å². The zero-order chi connectivity index (χ0) is 12.6. The highest BCUT2D eigenvalue weighted by atomic mass is 16.5. The SMILES string of the molecule is COC(=O)N(CO)CCN(CO)C(=O)OC. The lowest BCUT2D eigenvalue weighted by Gasteiger charge is -2.23. The molecular weight excluding hydrogens is 220 g/mol. The van der Waals surface area contributed by atoms with Gasteiger partial charge in [0.2, 0.25) is 0 Å². The van der Waals surface area contributed by atoms with Crippen LogP contribution in [0.3, 0.4) is 0 Å². The van der Waals surface area contributed by atoms with Gasteiger partial charge >= 0.3 is 12.2 Å². The first-order valence-corrected chi connectivity index (χ1v) is 4.48. The fourth-order valence-electron chi connectivity index (χ4n) is 0.939. The Morgan fingerprint density at radius 3 is 1.44 bits per heavy atom. The third-order valence-electron chi connectivity index (χ3n) is 1.85. The molecule has 0 rings (SSSR count).